The van der Waals surface area contributed by atoms with Crippen LogP contribution >= 0.6 is 15.9 Å². The predicted molar refractivity (Wildman–Crippen MR) is 62.1 cm³/mol. The highest BCUT2D eigenvalue weighted by molar-refractivity contribution is 9.10. The van der Waals surface area contributed by atoms with Gasteiger partial charge in [0.05, 0.1) is 17.1 Å². The zero-order chi connectivity index (χ0) is 10.6. The van der Waals surface area contributed by atoms with Crippen LogP contribution in [0.25, 0.3) is 5.65 Å². The molecule has 0 aromatic carbocycles. The first-order valence-corrected chi connectivity index (χ1v) is 5.98. The first-order valence-electron chi connectivity index (χ1n) is 5.18. The van der Waals surface area contributed by atoms with Gasteiger partial charge in [-0.1, -0.05) is 0 Å². The van der Waals surface area contributed by atoms with Crippen LogP contribution in [0, 0.1) is 13.8 Å². The Morgan fingerprint density at radius 1 is 1.33 bits per heavy atom. The molecule has 2 aromatic heterocycles. The molecule has 0 radical (unpaired) electrons. The number of fused-ring (bicyclic) bond motifs is 1. The van der Waals surface area contributed by atoms with Gasteiger partial charge in [0, 0.05) is 12.1 Å². The molecule has 2 aromatic rings. The van der Waals surface area contributed by atoms with Gasteiger partial charge in [0.15, 0.2) is 5.65 Å². The van der Waals surface area contributed by atoms with Gasteiger partial charge < -0.3 is 0 Å². The van der Waals surface area contributed by atoms with Crippen molar-refractivity contribution in [1.29, 1.82) is 0 Å². The highest BCUT2D eigenvalue weighted by atomic mass is 79.9. The normalized spacial score (nSPS) is 16.2. The maximum atomic E-state index is 4.67. The number of imidazole rings is 1. The van der Waals surface area contributed by atoms with E-state index in [1.807, 2.05) is 20.0 Å². The summed E-state index contributed by atoms with van der Waals surface area (Å²) < 4.78 is 3.21. The molecule has 0 amide bonds. The zero-order valence-electron chi connectivity index (χ0n) is 8.79. The standard InChI is InChI=1S/C11H12BrN3/c1-6-5-15-10(12)9(8-3-4-8)14-11(15)7(2)13-6/h5,8H,3-4H2,1-2H3. The number of hydrogen-bond acceptors (Lipinski definition) is 2. The third kappa shape index (κ3) is 1.39. The molecule has 1 aliphatic rings. The van der Waals surface area contributed by atoms with Crippen LogP contribution in [-0.4, -0.2) is 14.4 Å². The minimum Gasteiger partial charge on any atom is -0.291 e. The molecule has 0 unspecified atom stereocenters. The van der Waals surface area contributed by atoms with Gasteiger partial charge >= 0.3 is 0 Å². The summed E-state index contributed by atoms with van der Waals surface area (Å²) in [5.74, 6) is 0.666. The van der Waals surface area contributed by atoms with Crippen LogP contribution in [0.3, 0.4) is 0 Å². The Labute approximate surface area is 96.7 Å². The Balaban J connectivity index is 2.34. The van der Waals surface area contributed by atoms with Crippen molar-refractivity contribution in [3.8, 4) is 0 Å². The van der Waals surface area contributed by atoms with Gasteiger partial charge in [-0.25, -0.2) is 4.98 Å². The summed E-state index contributed by atoms with van der Waals surface area (Å²) in [6.45, 7) is 4.02. The topological polar surface area (TPSA) is 30.2 Å². The minimum absolute atomic E-state index is 0.666. The van der Waals surface area contributed by atoms with Gasteiger partial charge in [-0.2, -0.15) is 0 Å². The van der Waals surface area contributed by atoms with Crippen LogP contribution in [0.1, 0.15) is 35.8 Å². The highest BCUT2D eigenvalue weighted by Crippen LogP contribution is 2.43. The van der Waals surface area contributed by atoms with E-state index in [0.29, 0.717) is 5.92 Å². The molecule has 1 saturated carbocycles. The third-order valence-corrected chi connectivity index (χ3v) is 3.61. The number of hydrogen-bond donors (Lipinski definition) is 0. The quantitative estimate of drug-likeness (QED) is 0.794. The minimum atomic E-state index is 0.666. The molecule has 0 aliphatic heterocycles. The molecule has 78 valence electrons. The Bertz CT molecular complexity index is 540. The van der Waals surface area contributed by atoms with Gasteiger partial charge in [-0.05, 0) is 42.6 Å². The molecular weight excluding hydrogens is 254 g/mol. The van der Waals surface area contributed by atoms with Crippen molar-refractivity contribution in [3.63, 3.8) is 0 Å². The summed E-state index contributed by atoms with van der Waals surface area (Å²) in [6, 6.07) is 0. The second-order valence-corrected chi connectivity index (χ2v) is 4.97. The summed E-state index contributed by atoms with van der Waals surface area (Å²) in [7, 11) is 0. The Kier molecular flexibility index (Phi) is 1.89. The van der Waals surface area contributed by atoms with E-state index in [9.17, 15) is 0 Å². The van der Waals surface area contributed by atoms with Crippen LogP contribution in [-0.2, 0) is 0 Å². The van der Waals surface area contributed by atoms with Crippen molar-refractivity contribution < 1.29 is 0 Å². The van der Waals surface area contributed by atoms with Crippen LogP contribution in [0.4, 0.5) is 0 Å². The van der Waals surface area contributed by atoms with E-state index in [-0.39, 0.29) is 0 Å². The van der Waals surface area contributed by atoms with Crippen LogP contribution in [0.2, 0.25) is 0 Å². The van der Waals surface area contributed by atoms with Gasteiger partial charge in [-0.15, -0.1) is 0 Å². The van der Waals surface area contributed by atoms with Gasteiger partial charge in [0.2, 0.25) is 0 Å². The highest BCUT2D eigenvalue weighted by Gasteiger charge is 2.29. The van der Waals surface area contributed by atoms with E-state index in [0.717, 1.165) is 21.6 Å². The number of nitrogens with zero attached hydrogens (tertiary/aromatic N) is 3. The van der Waals surface area contributed by atoms with Crippen molar-refractivity contribution in [2.45, 2.75) is 32.6 Å². The molecule has 0 atom stereocenters. The van der Waals surface area contributed by atoms with E-state index in [4.69, 9.17) is 0 Å². The first-order chi connectivity index (χ1) is 7.16. The van der Waals surface area contributed by atoms with Crippen LogP contribution in [0.5, 0.6) is 0 Å². The van der Waals surface area contributed by atoms with Gasteiger partial charge in [-0.3, -0.25) is 9.38 Å². The van der Waals surface area contributed by atoms with Crippen LogP contribution < -0.4 is 0 Å². The molecule has 3 nitrogen and oxygen atoms in total. The maximum absolute atomic E-state index is 4.67. The molecule has 0 bridgehead atoms. The molecule has 2 heterocycles. The van der Waals surface area contributed by atoms with Crippen molar-refractivity contribution in [3.05, 3.63) is 27.9 Å². The lowest BCUT2D eigenvalue weighted by molar-refractivity contribution is 1.01. The van der Waals surface area contributed by atoms with Gasteiger partial charge in [0.1, 0.15) is 4.60 Å². The lowest BCUT2D eigenvalue weighted by Gasteiger charge is -2.00. The molecule has 0 N–H and O–H groups in total. The summed E-state index contributed by atoms with van der Waals surface area (Å²) in [5.41, 5.74) is 4.21. The Morgan fingerprint density at radius 2 is 2.07 bits per heavy atom. The van der Waals surface area contributed by atoms with E-state index in [1.165, 1.54) is 18.5 Å². The fraction of sp³-hybridized carbons (Fsp3) is 0.455. The molecule has 3 rings (SSSR count). The lowest BCUT2D eigenvalue weighted by Crippen LogP contribution is -1.94. The van der Waals surface area contributed by atoms with Crippen molar-refractivity contribution in [1.82, 2.24) is 14.4 Å². The summed E-state index contributed by atoms with van der Waals surface area (Å²) in [6.07, 6.45) is 4.58. The molecule has 0 saturated heterocycles. The van der Waals surface area contributed by atoms with Crippen molar-refractivity contribution in [2.24, 2.45) is 0 Å². The Hall–Kier alpha value is -0.900. The average Bonchev–Trinajstić information content (AvgIpc) is 2.94. The molecule has 4 heteroatoms. The zero-order valence-corrected chi connectivity index (χ0v) is 10.4. The predicted octanol–water partition coefficient (Wildman–Crippen LogP) is 2.99. The van der Waals surface area contributed by atoms with Crippen molar-refractivity contribution >= 4 is 21.6 Å². The molecule has 15 heavy (non-hydrogen) atoms. The van der Waals surface area contributed by atoms with E-state index >= 15 is 0 Å². The first kappa shape index (κ1) is 9.33. The van der Waals surface area contributed by atoms with Gasteiger partial charge in [0.25, 0.3) is 0 Å². The van der Waals surface area contributed by atoms with Crippen molar-refractivity contribution in [2.75, 3.05) is 0 Å². The van der Waals surface area contributed by atoms with E-state index < -0.39 is 0 Å². The SMILES string of the molecule is Cc1cn2c(Br)c(C3CC3)nc2c(C)n1. The number of aryl methyl sites for hydroxylation is 2. The average molecular weight is 266 g/mol. The fourth-order valence-electron chi connectivity index (χ4n) is 1.95. The summed E-state index contributed by atoms with van der Waals surface area (Å²) >= 11 is 3.63. The fourth-order valence-corrected chi connectivity index (χ4v) is 2.63. The second-order valence-electron chi connectivity index (χ2n) is 4.22. The Morgan fingerprint density at radius 3 is 2.73 bits per heavy atom. The number of rotatable bonds is 1. The second kappa shape index (κ2) is 3.04. The monoisotopic (exact) mass is 265 g/mol. The van der Waals surface area contributed by atoms with E-state index in [1.54, 1.807) is 0 Å². The van der Waals surface area contributed by atoms with Crippen LogP contribution in [0.15, 0.2) is 10.8 Å². The maximum Gasteiger partial charge on any atom is 0.159 e. The molecular formula is C11H12BrN3. The summed E-state index contributed by atoms with van der Waals surface area (Å²) in [4.78, 5) is 9.10. The lowest BCUT2D eigenvalue weighted by atomic mass is 10.3. The third-order valence-electron chi connectivity index (χ3n) is 2.83. The van der Waals surface area contributed by atoms with E-state index in [2.05, 4.69) is 30.3 Å². The smallest absolute Gasteiger partial charge is 0.159 e. The molecule has 1 aliphatic carbocycles. The molecule has 0 spiro atoms. The summed E-state index contributed by atoms with van der Waals surface area (Å²) in [5, 5.41) is 0. The largest absolute Gasteiger partial charge is 0.291 e. The molecule has 1 fully saturated rings. The number of aromatic nitrogens is 3. The number of halogens is 1.